The van der Waals surface area contributed by atoms with Gasteiger partial charge in [-0.15, -0.1) is 11.8 Å². The van der Waals surface area contributed by atoms with Crippen LogP contribution in [-0.2, 0) is 14.8 Å². The maximum absolute atomic E-state index is 13.5. The number of morpholine rings is 1. The van der Waals surface area contributed by atoms with Crippen LogP contribution in [0.4, 0.5) is 5.69 Å². The zero-order valence-corrected chi connectivity index (χ0v) is 20.1. The minimum atomic E-state index is -3.79. The van der Waals surface area contributed by atoms with E-state index in [-0.39, 0.29) is 10.1 Å². The average Bonchev–Trinajstić information content (AvgIpc) is 2.87. The predicted molar refractivity (Wildman–Crippen MR) is 126 cm³/mol. The van der Waals surface area contributed by atoms with Crippen LogP contribution in [0.5, 0.6) is 11.5 Å². The molecule has 0 radical (unpaired) electrons. The van der Waals surface area contributed by atoms with Gasteiger partial charge in [0.1, 0.15) is 13.2 Å². The van der Waals surface area contributed by atoms with E-state index >= 15 is 0 Å². The van der Waals surface area contributed by atoms with Crippen molar-refractivity contribution in [2.45, 2.75) is 10.1 Å². The third-order valence-electron chi connectivity index (χ3n) is 6.01. The Morgan fingerprint density at radius 1 is 1.03 bits per heavy atom. The van der Waals surface area contributed by atoms with Gasteiger partial charge in [-0.1, -0.05) is 17.7 Å². The Hall–Kier alpha value is -1.65. The number of fused-ring (bicyclic) bond motifs is 3. The highest BCUT2D eigenvalue weighted by atomic mass is 35.5. The summed E-state index contributed by atoms with van der Waals surface area (Å²) in [7, 11) is -2.21. The van der Waals surface area contributed by atoms with E-state index in [2.05, 4.69) is 4.90 Å². The summed E-state index contributed by atoms with van der Waals surface area (Å²) in [5, 5.41) is 0.212. The maximum atomic E-state index is 13.5. The largest absolute Gasteiger partial charge is 0.486 e. The van der Waals surface area contributed by atoms with Crippen LogP contribution in [0.1, 0.15) is 16.4 Å². The smallest absolute Gasteiger partial charge is 0.264 e. The number of hydrogen-bond donors (Lipinski definition) is 0. The van der Waals surface area contributed by atoms with E-state index < -0.39 is 10.0 Å². The standard InChI is InChI=1S/C22H25ClN2O5S2/c1-24-18-14-20-19(29-9-10-30-20)13-17(18)22(31-11-6-25-4-7-28-8-5-25)16-3-2-15(23)12-21(16)32(24,26)27/h2-3,12-14,22H,4-11H2,1H3. The molecular weight excluding hydrogens is 472 g/mol. The SMILES string of the molecule is CN1c2cc3c(cc2C(SCCN2CCOCC2)c2ccc(Cl)cc2S1(=O)=O)OCCO3. The van der Waals surface area contributed by atoms with Gasteiger partial charge >= 0.3 is 0 Å². The van der Waals surface area contributed by atoms with Crippen molar-refractivity contribution in [3.05, 3.63) is 46.5 Å². The van der Waals surface area contributed by atoms with Gasteiger partial charge in [-0.25, -0.2) is 8.42 Å². The van der Waals surface area contributed by atoms with Gasteiger partial charge < -0.3 is 14.2 Å². The van der Waals surface area contributed by atoms with E-state index in [1.165, 1.54) is 4.31 Å². The Balaban J connectivity index is 1.58. The summed E-state index contributed by atoms with van der Waals surface area (Å²) in [6, 6.07) is 8.86. The molecule has 10 heteroatoms. The summed E-state index contributed by atoms with van der Waals surface area (Å²) >= 11 is 7.96. The molecule has 1 unspecified atom stereocenters. The molecule has 2 aromatic carbocycles. The molecule has 0 aromatic heterocycles. The number of benzene rings is 2. The van der Waals surface area contributed by atoms with Gasteiger partial charge in [0, 0.05) is 43.5 Å². The van der Waals surface area contributed by atoms with Gasteiger partial charge in [0.05, 0.1) is 29.0 Å². The minimum Gasteiger partial charge on any atom is -0.486 e. The van der Waals surface area contributed by atoms with Gasteiger partial charge in [0.25, 0.3) is 10.0 Å². The Bertz CT molecular complexity index is 1120. The number of thioether (sulfide) groups is 1. The third-order valence-corrected chi connectivity index (χ3v) is 9.33. The molecule has 7 nitrogen and oxygen atoms in total. The Labute approximate surface area is 197 Å². The number of nitrogens with zero attached hydrogens (tertiary/aromatic N) is 2. The van der Waals surface area contributed by atoms with Crippen molar-refractivity contribution in [2.24, 2.45) is 0 Å². The molecule has 3 heterocycles. The second kappa shape index (κ2) is 8.95. The lowest BCUT2D eigenvalue weighted by Gasteiger charge is -2.28. The van der Waals surface area contributed by atoms with Gasteiger partial charge in [0.15, 0.2) is 11.5 Å². The zero-order valence-electron chi connectivity index (χ0n) is 17.8. The molecule has 0 aliphatic carbocycles. The van der Waals surface area contributed by atoms with Crippen LogP contribution in [0.3, 0.4) is 0 Å². The molecule has 0 saturated carbocycles. The van der Waals surface area contributed by atoms with Crippen LogP contribution in [0.25, 0.3) is 0 Å². The van der Waals surface area contributed by atoms with E-state index in [0.29, 0.717) is 35.4 Å². The number of rotatable bonds is 4. The lowest BCUT2D eigenvalue weighted by Crippen LogP contribution is -2.37. The van der Waals surface area contributed by atoms with Gasteiger partial charge in [0.2, 0.25) is 0 Å². The van der Waals surface area contributed by atoms with Crippen LogP contribution in [-0.4, -0.2) is 72.2 Å². The molecule has 1 fully saturated rings. The van der Waals surface area contributed by atoms with Gasteiger partial charge in [-0.05, 0) is 29.3 Å². The highest BCUT2D eigenvalue weighted by Crippen LogP contribution is 2.50. The van der Waals surface area contributed by atoms with Crippen LogP contribution >= 0.6 is 23.4 Å². The first-order valence-corrected chi connectivity index (χ1v) is 13.5. The third kappa shape index (κ3) is 4.05. The van der Waals surface area contributed by atoms with Crippen molar-refractivity contribution < 1.29 is 22.6 Å². The average molecular weight is 497 g/mol. The summed E-state index contributed by atoms with van der Waals surface area (Å²) in [6.07, 6.45) is 0. The molecular formula is C22H25ClN2O5S2. The number of ether oxygens (including phenoxy) is 3. The molecule has 0 spiro atoms. The fourth-order valence-electron chi connectivity index (χ4n) is 4.27. The maximum Gasteiger partial charge on any atom is 0.264 e. The van der Waals surface area contributed by atoms with Crippen molar-refractivity contribution >= 4 is 39.1 Å². The molecule has 172 valence electrons. The van der Waals surface area contributed by atoms with Gasteiger partial charge in [-0.2, -0.15) is 0 Å². The van der Waals surface area contributed by atoms with Crippen LogP contribution in [0.2, 0.25) is 5.02 Å². The Morgan fingerprint density at radius 2 is 1.75 bits per heavy atom. The fourth-order valence-corrected chi connectivity index (χ4v) is 7.41. The molecule has 3 aliphatic heterocycles. The first-order valence-electron chi connectivity index (χ1n) is 10.6. The summed E-state index contributed by atoms with van der Waals surface area (Å²) in [4.78, 5) is 2.62. The first-order chi connectivity index (χ1) is 15.4. The molecule has 2 aromatic rings. The molecule has 5 rings (SSSR count). The van der Waals surface area contributed by atoms with Crippen LogP contribution < -0.4 is 13.8 Å². The van der Waals surface area contributed by atoms with E-state index in [0.717, 1.165) is 49.7 Å². The number of hydrogen-bond acceptors (Lipinski definition) is 7. The second-order valence-corrected chi connectivity index (χ2v) is 11.5. The van der Waals surface area contributed by atoms with Crippen LogP contribution in [0, 0.1) is 0 Å². The van der Waals surface area contributed by atoms with E-state index in [9.17, 15) is 8.42 Å². The lowest BCUT2D eigenvalue weighted by molar-refractivity contribution is 0.0410. The van der Waals surface area contributed by atoms with Gasteiger partial charge in [-0.3, -0.25) is 9.21 Å². The molecule has 0 amide bonds. The number of halogens is 1. The molecule has 3 aliphatic rings. The van der Waals surface area contributed by atoms with Crippen molar-refractivity contribution in [3.8, 4) is 11.5 Å². The highest BCUT2D eigenvalue weighted by Gasteiger charge is 2.37. The Morgan fingerprint density at radius 3 is 2.50 bits per heavy atom. The van der Waals surface area contributed by atoms with E-state index in [1.807, 2.05) is 12.1 Å². The topological polar surface area (TPSA) is 68.3 Å². The molecule has 1 atom stereocenters. The summed E-state index contributed by atoms with van der Waals surface area (Å²) in [5.74, 6) is 2.07. The summed E-state index contributed by atoms with van der Waals surface area (Å²) in [6.45, 7) is 5.18. The van der Waals surface area contributed by atoms with Crippen molar-refractivity contribution in [3.63, 3.8) is 0 Å². The van der Waals surface area contributed by atoms with Crippen LogP contribution in [0.15, 0.2) is 35.2 Å². The summed E-state index contributed by atoms with van der Waals surface area (Å²) < 4.78 is 45.4. The fraction of sp³-hybridized carbons (Fsp3) is 0.455. The lowest BCUT2D eigenvalue weighted by atomic mass is 10.0. The normalized spacial score (nSPS) is 22.1. The van der Waals surface area contributed by atoms with E-state index in [4.69, 9.17) is 25.8 Å². The Kier molecular flexibility index (Phi) is 6.19. The zero-order chi connectivity index (χ0) is 22.3. The monoisotopic (exact) mass is 496 g/mol. The first kappa shape index (κ1) is 22.2. The molecule has 32 heavy (non-hydrogen) atoms. The number of anilines is 1. The molecule has 0 N–H and O–H groups in total. The summed E-state index contributed by atoms with van der Waals surface area (Å²) in [5.41, 5.74) is 2.24. The van der Waals surface area contributed by atoms with Crippen molar-refractivity contribution in [2.75, 3.05) is 63.2 Å². The predicted octanol–water partition coefficient (Wildman–Crippen LogP) is 3.40. The molecule has 1 saturated heterocycles. The van der Waals surface area contributed by atoms with E-state index in [1.54, 1.807) is 37.0 Å². The molecule has 0 bridgehead atoms. The highest BCUT2D eigenvalue weighted by molar-refractivity contribution is 7.99. The van der Waals surface area contributed by atoms with Crippen molar-refractivity contribution in [1.29, 1.82) is 0 Å². The van der Waals surface area contributed by atoms with Crippen molar-refractivity contribution in [1.82, 2.24) is 4.90 Å². The number of sulfonamides is 1. The second-order valence-electron chi connectivity index (χ2n) is 7.91. The minimum absolute atomic E-state index is 0.186. The quantitative estimate of drug-likeness (QED) is 0.642.